The van der Waals surface area contributed by atoms with Gasteiger partial charge in [-0.2, -0.15) is 0 Å². The van der Waals surface area contributed by atoms with E-state index in [0.717, 1.165) is 38.5 Å². The standard InChI is InChI=1S/C14H20FN3OS/c1-10(9-18-4-6-19-7-5-18)17-13-3-2-11(15)8-12(13)14(16)20/h2-3,8,10,17H,4-7,9H2,1H3,(H2,16,20). The second kappa shape index (κ2) is 6.97. The maximum atomic E-state index is 13.3. The molecule has 1 aliphatic rings. The Kier molecular flexibility index (Phi) is 5.28. The summed E-state index contributed by atoms with van der Waals surface area (Å²) in [6.07, 6.45) is 0. The second-order valence-electron chi connectivity index (χ2n) is 5.01. The highest BCUT2D eigenvalue weighted by molar-refractivity contribution is 7.80. The molecular weight excluding hydrogens is 277 g/mol. The quantitative estimate of drug-likeness (QED) is 0.808. The summed E-state index contributed by atoms with van der Waals surface area (Å²) in [4.78, 5) is 2.54. The van der Waals surface area contributed by atoms with Crippen molar-refractivity contribution >= 4 is 22.9 Å². The zero-order valence-corrected chi connectivity index (χ0v) is 12.4. The van der Waals surface area contributed by atoms with E-state index in [1.54, 1.807) is 6.07 Å². The molecular formula is C14H20FN3OS. The molecule has 0 amide bonds. The average Bonchev–Trinajstić information content (AvgIpc) is 2.41. The molecule has 6 heteroatoms. The van der Waals surface area contributed by atoms with Gasteiger partial charge in [0.1, 0.15) is 10.8 Å². The van der Waals surface area contributed by atoms with Gasteiger partial charge in [0.05, 0.1) is 13.2 Å². The maximum absolute atomic E-state index is 13.3. The lowest BCUT2D eigenvalue weighted by Gasteiger charge is -2.30. The third kappa shape index (κ3) is 4.13. The van der Waals surface area contributed by atoms with E-state index in [-0.39, 0.29) is 16.8 Å². The highest BCUT2D eigenvalue weighted by Gasteiger charge is 2.15. The molecule has 0 aromatic heterocycles. The van der Waals surface area contributed by atoms with E-state index in [9.17, 15) is 4.39 Å². The van der Waals surface area contributed by atoms with Crippen LogP contribution in [0.1, 0.15) is 12.5 Å². The van der Waals surface area contributed by atoms with Gasteiger partial charge in [0.25, 0.3) is 0 Å². The number of nitrogens with one attached hydrogen (secondary N) is 1. The first-order valence-corrected chi connectivity index (χ1v) is 7.13. The molecule has 1 saturated heterocycles. The number of benzene rings is 1. The monoisotopic (exact) mass is 297 g/mol. The van der Waals surface area contributed by atoms with E-state index >= 15 is 0 Å². The predicted molar refractivity (Wildman–Crippen MR) is 82.6 cm³/mol. The maximum Gasteiger partial charge on any atom is 0.124 e. The van der Waals surface area contributed by atoms with Gasteiger partial charge in [0, 0.05) is 36.9 Å². The molecule has 1 aromatic rings. The van der Waals surface area contributed by atoms with Crippen LogP contribution in [0.3, 0.4) is 0 Å². The summed E-state index contributed by atoms with van der Waals surface area (Å²) in [7, 11) is 0. The number of anilines is 1. The molecule has 20 heavy (non-hydrogen) atoms. The fourth-order valence-electron chi connectivity index (χ4n) is 2.33. The number of rotatable bonds is 5. The lowest BCUT2D eigenvalue weighted by atomic mass is 10.1. The van der Waals surface area contributed by atoms with Crippen molar-refractivity contribution in [3.05, 3.63) is 29.6 Å². The number of halogens is 1. The molecule has 0 saturated carbocycles. The van der Waals surface area contributed by atoms with Gasteiger partial charge in [-0.15, -0.1) is 0 Å². The van der Waals surface area contributed by atoms with Gasteiger partial charge >= 0.3 is 0 Å². The Bertz CT molecular complexity index is 477. The number of ether oxygens (including phenoxy) is 1. The van der Waals surface area contributed by atoms with E-state index in [0.29, 0.717) is 5.56 Å². The Morgan fingerprint density at radius 1 is 1.50 bits per heavy atom. The van der Waals surface area contributed by atoms with Gasteiger partial charge < -0.3 is 15.8 Å². The van der Waals surface area contributed by atoms with Gasteiger partial charge in [0.2, 0.25) is 0 Å². The minimum absolute atomic E-state index is 0.200. The molecule has 0 radical (unpaired) electrons. The lowest BCUT2D eigenvalue weighted by molar-refractivity contribution is 0.0368. The number of hydrogen-bond donors (Lipinski definition) is 2. The molecule has 1 aromatic carbocycles. The average molecular weight is 297 g/mol. The van der Waals surface area contributed by atoms with Gasteiger partial charge in [-0.25, -0.2) is 4.39 Å². The highest BCUT2D eigenvalue weighted by Crippen LogP contribution is 2.18. The van der Waals surface area contributed by atoms with Gasteiger partial charge in [-0.05, 0) is 25.1 Å². The highest BCUT2D eigenvalue weighted by atomic mass is 32.1. The van der Waals surface area contributed by atoms with E-state index in [1.165, 1.54) is 12.1 Å². The Balaban J connectivity index is 1.99. The predicted octanol–water partition coefficient (Wildman–Crippen LogP) is 1.59. The van der Waals surface area contributed by atoms with E-state index in [1.807, 2.05) is 0 Å². The Morgan fingerprint density at radius 3 is 2.85 bits per heavy atom. The molecule has 0 aliphatic carbocycles. The molecule has 0 spiro atoms. The van der Waals surface area contributed by atoms with Crippen LogP contribution in [0.4, 0.5) is 10.1 Å². The van der Waals surface area contributed by atoms with Crippen LogP contribution in [0.25, 0.3) is 0 Å². The third-order valence-electron chi connectivity index (χ3n) is 3.28. The summed E-state index contributed by atoms with van der Waals surface area (Å²) < 4.78 is 18.6. The van der Waals surface area contributed by atoms with Crippen LogP contribution in [0, 0.1) is 5.82 Å². The number of hydrogen-bond acceptors (Lipinski definition) is 4. The molecule has 1 atom stereocenters. The second-order valence-corrected chi connectivity index (χ2v) is 5.45. The van der Waals surface area contributed by atoms with Crippen molar-refractivity contribution in [1.29, 1.82) is 0 Å². The molecule has 1 unspecified atom stereocenters. The number of thiocarbonyl (C=S) groups is 1. The largest absolute Gasteiger partial charge is 0.389 e. The summed E-state index contributed by atoms with van der Waals surface area (Å²) in [5, 5.41) is 3.35. The summed E-state index contributed by atoms with van der Waals surface area (Å²) in [6, 6.07) is 4.67. The number of nitrogens with two attached hydrogens (primary N) is 1. The summed E-state index contributed by atoms with van der Waals surface area (Å²) in [5.74, 6) is -0.334. The smallest absolute Gasteiger partial charge is 0.124 e. The third-order valence-corrected chi connectivity index (χ3v) is 3.50. The van der Waals surface area contributed by atoms with Gasteiger partial charge in [0.15, 0.2) is 0 Å². The molecule has 110 valence electrons. The minimum atomic E-state index is -0.334. The molecule has 3 N–H and O–H groups in total. The van der Waals surface area contributed by atoms with Crippen LogP contribution in [-0.2, 0) is 4.74 Å². The van der Waals surface area contributed by atoms with Gasteiger partial charge in [-0.3, -0.25) is 4.90 Å². The zero-order valence-electron chi connectivity index (χ0n) is 11.6. The van der Waals surface area contributed by atoms with Crippen molar-refractivity contribution in [3.63, 3.8) is 0 Å². The van der Waals surface area contributed by atoms with Crippen molar-refractivity contribution in [2.45, 2.75) is 13.0 Å². The molecule has 1 heterocycles. The Morgan fingerprint density at radius 2 is 2.20 bits per heavy atom. The fraction of sp³-hybridized carbons (Fsp3) is 0.500. The minimum Gasteiger partial charge on any atom is -0.389 e. The van der Waals surface area contributed by atoms with E-state index < -0.39 is 0 Å². The van der Waals surface area contributed by atoms with Crippen LogP contribution in [0.15, 0.2) is 18.2 Å². The molecule has 1 aliphatic heterocycles. The van der Waals surface area contributed by atoms with Crippen LogP contribution < -0.4 is 11.1 Å². The molecule has 4 nitrogen and oxygen atoms in total. The Hall–Kier alpha value is -1.24. The number of morpholine rings is 1. The lowest BCUT2D eigenvalue weighted by Crippen LogP contribution is -2.42. The van der Waals surface area contributed by atoms with Crippen molar-refractivity contribution in [2.24, 2.45) is 5.73 Å². The van der Waals surface area contributed by atoms with Crippen molar-refractivity contribution in [3.8, 4) is 0 Å². The first-order valence-electron chi connectivity index (χ1n) is 6.72. The zero-order chi connectivity index (χ0) is 14.5. The van der Waals surface area contributed by atoms with Crippen molar-refractivity contribution < 1.29 is 9.13 Å². The van der Waals surface area contributed by atoms with Crippen LogP contribution >= 0.6 is 12.2 Å². The van der Waals surface area contributed by atoms with Crippen LogP contribution in [0.5, 0.6) is 0 Å². The first-order chi connectivity index (χ1) is 9.56. The van der Waals surface area contributed by atoms with Gasteiger partial charge in [-0.1, -0.05) is 12.2 Å². The number of nitrogens with zero attached hydrogens (tertiary/aromatic N) is 1. The van der Waals surface area contributed by atoms with Crippen molar-refractivity contribution in [1.82, 2.24) is 4.90 Å². The van der Waals surface area contributed by atoms with E-state index in [2.05, 4.69) is 17.1 Å². The first kappa shape index (κ1) is 15.2. The molecule has 0 bridgehead atoms. The molecule has 2 rings (SSSR count). The van der Waals surface area contributed by atoms with Crippen molar-refractivity contribution in [2.75, 3.05) is 38.2 Å². The van der Waals surface area contributed by atoms with E-state index in [4.69, 9.17) is 22.7 Å². The summed E-state index contributed by atoms with van der Waals surface area (Å²) in [6.45, 7) is 6.43. The topological polar surface area (TPSA) is 50.5 Å². The fourth-order valence-corrected chi connectivity index (χ4v) is 2.50. The SMILES string of the molecule is CC(CN1CCOCC1)Nc1ccc(F)cc1C(N)=S. The summed E-state index contributed by atoms with van der Waals surface area (Å²) >= 11 is 4.97. The van der Waals surface area contributed by atoms with Crippen LogP contribution in [0.2, 0.25) is 0 Å². The normalized spacial score (nSPS) is 17.7. The summed E-state index contributed by atoms with van der Waals surface area (Å²) in [5.41, 5.74) is 6.97. The Labute approximate surface area is 124 Å². The molecule has 1 fully saturated rings. The van der Waals surface area contributed by atoms with Crippen LogP contribution in [-0.4, -0.2) is 48.8 Å².